The number of nitrogens with one attached hydrogen (secondary N) is 1. The number of fused-ring (bicyclic) bond motifs is 1. The number of thioether (sulfide) groups is 1. The highest BCUT2D eigenvalue weighted by molar-refractivity contribution is 8.17. The topological polar surface area (TPSA) is 91.0 Å². The number of nitrogens with zero attached hydrogens (tertiary/aromatic N) is 3. The van der Waals surface area contributed by atoms with Gasteiger partial charge in [0.15, 0.2) is 5.17 Å². The maximum absolute atomic E-state index is 11.2. The number of amidine groups is 1. The Bertz CT molecular complexity index is 1480. The number of para-hydroxylation sites is 1. The van der Waals surface area contributed by atoms with Crippen LogP contribution in [0.15, 0.2) is 94.0 Å². The molecule has 2 N–H and O–H groups in total. The molecule has 6 rings (SSSR count). The van der Waals surface area contributed by atoms with E-state index in [1.54, 1.807) is 30.0 Å². The molecular formula is C29H25ClN4O3S. The van der Waals surface area contributed by atoms with Gasteiger partial charge in [-0.05, 0) is 73.2 Å². The molecule has 9 heteroatoms. The highest BCUT2D eigenvalue weighted by Gasteiger charge is 2.45. The van der Waals surface area contributed by atoms with E-state index in [1.165, 1.54) is 17.7 Å². The smallest absolute Gasteiger partial charge is 0.269 e. The standard InChI is InChI=1S/C29H25ClN4O3S/c30-19-11-9-18(10-12-19)17-26-28(31-20-13-15-21(16-14-20)34(36)37)33-27(23-6-2-4-8-25(23)35)22-5-1-3-7-24(22)32-29(33)38-26/h2,4,6,8-17,27-28,31,35H,1,3,5,7H2/b26-17-. The van der Waals surface area contributed by atoms with Gasteiger partial charge in [-0.3, -0.25) is 10.1 Å². The highest BCUT2D eigenvalue weighted by atomic mass is 35.5. The average Bonchev–Trinajstić information content (AvgIpc) is 3.25. The van der Waals surface area contributed by atoms with Crippen LogP contribution in [0.4, 0.5) is 11.4 Å². The summed E-state index contributed by atoms with van der Waals surface area (Å²) in [6, 6.07) is 21.4. The number of aromatic hydroxyl groups is 1. The molecule has 0 radical (unpaired) electrons. The molecule has 0 spiro atoms. The summed E-state index contributed by atoms with van der Waals surface area (Å²) in [4.78, 5) is 19.2. The second-order valence-electron chi connectivity index (χ2n) is 9.49. The molecule has 38 heavy (non-hydrogen) atoms. The molecule has 7 nitrogen and oxygen atoms in total. The number of phenolic OH excluding ortho intramolecular Hbond substituents is 1. The fourth-order valence-electron chi connectivity index (χ4n) is 5.29. The minimum Gasteiger partial charge on any atom is -0.508 e. The molecule has 3 aliphatic rings. The summed E-state index contributed by atoms with van der Waals surface area (Å²) in [7, 11) is 0. The number of hydrogen-bond acceptors (Lipinski definition) is 7. The first-order valence-electron chi connectivity index (χ1n) is 12.5. The summed E-state index contributed by atoms with van der Waals surface area (Å²) in [6.07, 6.45) is 5.84. The first-order chi connectivity index (χ1) is 18.5. The van der Waals surface area contributed by atoms with Crippen LogP contribution in [0, 0.1) is 10.1 Å². The summed E-state index contributed by atoms with van der Waals surface area (Å²) >= 11 is 7.73. The Balaban J connectivity index is 1.47. The van der Waals surface area contributed by atoms with E-state index < -0.39 is 4.92 Å². The number of halogens is 1. The van der Waals surface area contributed by atoms with Gasteiger partial charge in [-0.25, -0.2) is 4.99 Å². The van der Waals surface area contributed by atoms with Crippen molar-refractivity contribution in [1.29, 1.82) is 0 Å². The van der Waals surface area contributed by atoms with E-state index in [2.05, 4.69) is 16.3 Å². The van der Waals surface area contributed by atoms with Crippen LogP contribution in [-0.2, 0) is 0 Å². The minimum atomic E-state index is -0.401. The van der Waals surface area contributed by atoms with Crippen molar-refractivity contribution in [3.05, 3.63) is 115 Å². The zero-order chi connectivity index (χ0) is 26.2. The van der Waals surface area contributed by atoms with Gasteiger partial charge in [-0.1, -0.05) is 53.7 Å². The molecule has 2 unspecified atom stereocenters. The lowest BCUT2D eigenvalue weighted by molar-refractivity contribution is -0.384. The Labute approximate surface area is 229 Å². The van der Waals surface area contributed by atoms with E-state index in [0.29, 0.717) is 5.02 Å². The van der Waals surface area contributed by atoms with E-state index in [-0.39, 0.29) is 23.6 Å². The van der Waals surface area contributed by atoms with Gasteiger partial charge in [0.2, 0.25) is 0 Å². The monoisotopic (exact) mass is 544 g/mol. The Kier molecular flexibility index (Phi) is 6.59. The van der Waals surface area contributed by atoms with Crippen molar-refractivity contribution in [2.75, 3.05) is 5.32 Å². The first-order valence-corrected chi connectivity index (χ1v) is 13.7. The Morgan fingerprint density at radius 2 is 1.79 bits per heavy atom. The molecule has 2 heterocycles. The maximum Gasteiger partial charge on any atom is 0.269 e. The third-order valence-electron chi connectivity index (χ3n) is 7.09. The summed E-state index contributed by atoms with van der Waals surface area (Å²) < 4.78 is 0. The molecule has 1 fully saturated rings. The van der Waals surface area contributed by atoms with Crippen molar-refractivity contribution in [3.63, 3.8) is 0 Å². The number of phenols is 1. The average molecular weight is 545 g/mol. The molecule has 192 valence electrons. The van der Waals surface area contributed by atoms with Gasteiger partial charge in [0, 0.05) is 39.0 Å². The summed E-state index contributed by atoms with van der Waals surface area (Å²) in [5.41, 5.74) is 5.00. The van der Waals surface area contributed by atoms with Crippen molar-refractivity contribution < 1.29 is 10.0 Å². The fourth-order valence-corrected chi connectivity index (χ4v) is 6.57. The molecule has 1 aliphatic carbocycles. The van der Waals surface area contributed by atoms with Crippen molar-refractivity contribution in [1.82, 2.24) is 4.90 Å². The van der Waals surface area contributed by atoms with Crippen LogP contribution in [0.5, 0.6) is 5.75 Å². The summed E-state index contributed by atoms with van der Waals surface area (Å²) in [5.74, 6) is 0.255. The number of non-ortho nitro benzene ring substituents is 1. The molecule has 0 amide bonds. The number of allylic oxidation sites excluding steroid dienone is 1. The van der Waals surface area contributed by atoms with Crippen LogP contribution in [0.1, 0.15) is 42.9 Å². The van der Waals surface area contributed by atoms with Crippen LogP contribution >= 0.6 is 23.4 Å². The van der Waals surface area contributed by atoms with E-state index >= 15 is 0 Å². The van der Waals surface area contributed by atoms with Crippen LogP contribution < -0.4 is 5.32 Å². The number of nitro benzene ring substituents is 1. The third-order valence-corrected chi connectivity index (χ3v) is 8.40. The SMILES string of the molecule is O=[N+]([O-])c1ccc(NC2/C(=C/c3ccc(Cl)cc3)SC3=NC4=C(CCCC4)C(c4ccccc4O)N32)cc1. The van der Waals surface area contributed by atoms with Gasteiger partial charge in [-0.2, -0.15) is 0 Å². The molecule has 2 atom stereocenters. The lowest BCUT2D eigenvalue weighted by Gasteiger charge is -2.41. The molecular weight excluding hydrogens is 520 g/mol. The van der Waals surface area contributed by atoms with Crippen molar-refractivity contribution in [2.24, 2.45) is 4.99 Å². The Morgan fingerprint density at radius 3 is 2.53 bits per heavy atom. The summed E-state index contributed by atoms with van der Waals surface area (Å²) in [5, 5.41) is 27.3. The zero-order valence-corrected chi connectivity index (χ0v) is 22.0. The largest absolute Gasteiger partial charge is 0.508 e. The van der Waals surface area contributed by atoms with Gasteiger partial charge in [0.25, 0.3) is 5.69 Å². The second kappa shape index (κ2) is 10.2. The highest BCUT2D eigenvalue weighted by Crippen LogP contribution is 2.51. The predicted molar refractivity (Wildman–Crippen MR) is 153 cm³/mol. The number of hydrogen-bond donors (Lipinski definition) is 2. The maximum atomic E-state index is 11.2. The van der Waals surface area contributed by atoms with E-state index in [9.17, 15) is 15.2 Å². The third kappa shape index (κ3) is 4.66. The molecule has 2 aliphatic heterocycles. The van der Waals surface area contributed by atoms with Crippen molar-refractivity contribution >= 4 is 46.0 Å². The Hall–Kier alpha value is -3.75. The van der Waals surface area contributed by atoms with Crippen molar-refractivity contribution in [3.8, 4) is 5.75 Å². The molecule has 3 aromatic rings. The van der Waals surface area contributed by atoms with E-state index in [4.69, 9.17) is 16.6 Å². The number of anilines is 1. The number of aliphatic imine (C=N–C) groups is 1. The van der Waals surface area contributed by atoms with Crippen LogP contribution in [0.3, 0.4) is 0 Å². The van der Waals surface area contributed by atoms with E-state index in [1.807, 2.05) is 42.5 Å². The van der Waals surface area contributed by atoms with Crippen LogP contribution in [0.2, 0.25) is 5.02 Å². The molecule has 0 bridgehead atoms. The minimum absolute atomic E-state index is 0.0394. The number of benzene rings is 3. The van der Waals surface area contributed by atoms with Gasteiger partial charge in [0.05, 0.1) is 11.0 Å². The normalized spacial score (nSPS) is 21.7. The van der Waals surface area contributed by atoms with Gasteiger partial charge in [0.1, 0.15) is 11.9 Å². The second-order valence-corrected chi connectivity index (χ2v) is 11.0. The van der Waals surface area contributed by atoms with Crippen molar-refractivity contribution in [2.45, 2.75) is 37.9 Å². The lowest BCUT2D eigenvalue weighted by Crippen LogP contribution is -2.44. The van der Waals surface area contributed by atoms with Crippen LogP contribution in [-0.4, -0.2) is 26.3 Å². The van der Waals surface area contributed by atoms with Crippen LogP contribution in [0.25, 0.3) is 6.08 Å². The molecule has 3 aromatic carbocycles. The predicted octanol–water partition coefficient (Wildman–Crippen LogP) is 7.72. The van der Waals surface area contributed by atoms with E-state index in [0.717, 1.165) is 58.3 Å². The Morgan fingerprint density at radius 1 is 1.05 bits per heavy atom. The lowest BCUT2D eigenvalue weighted by atomic mass is 9.85. The van der Waals surface area contributed by atoms with Gasteiger partial charge in [-0.15, -0.1) is 0 Å². The fraction of sp³-hybridized carbons (Fsp3) is 0.207. The zero-order valence-electron chi connectivity index (χ0n) is 20.4. The summed E-state index contributed by atoms with van der Waals surface area (Å²) in [6.45, 7) is 0. The molecule has 1 saturated heterocycles. The first kappa shape index (κ1) is 24.6. The molecule has 0 aromatic heterocycles. The molecule has 0 saturated carbocycles. The van der Waals surface area contributed by atoms with Gasteiger partial charge < -0.3 is 15.3 Å². The van der Waals surface area contributed by atoms with Gasteiger partial charge >= 0.3 is 0 Å². The number of nitro groups is 1. The quantitative estimate of drug-likeness (QED) is 0.252. The number of rotatable bonds is 5.